The highest BCUT2D eigenvalue weighted by molar-refractivity contribution is 5.98. The second-order valence-corrected chi connectivity index (χ2v) is 5.07. The molecular formula is C11H13BFN7O5. The van der Waals surface area contributed by atoms with Crippen LogP contribution in [0.2, 0.25) is 0 Å². The third kappa shape index (κ3) is 3.72. The van der Waals surface area contributed by atoms with Crippen molar-refractivity contribution in [2.45, 2.75) is 24.2 Å². The van der Waals surface area contributed by atoms with E-state index in [4.69, 9.17) is 29.2 Å². The second-order valence-electron chi connectivity index (χ2n) is 5.07. The topological polar surface area (TPSA) is 177 Å². The summed E-state index contributed by atoms with van der Waals surface area (Å²) in [5.74, 6) is -1.17. The average molecular weight is 353 g/mol. The van der Waals surface area contributed by atoms with Crippen molar-refractivity contribution < 1.29 is 23.7 Å². The van der Waals surface area contributed by atoms with E-state index in [9.17, 15) is 14.0 Å². The number of nitrogens with zero attached hydrogens (tertiary/aromatic N) is 5. The molecule has 2 heterocycles. The predicted molar refractivity (Wildman–Crippen MR) is 81.2 cm³/mol. The standard InChI is InChI=1S/C11H13BFN7O5/c12-24-4-11(18-19-15)8(14)7(13)9(25-11)20-2-1-5(17-10(20)23)16-3-6(21)22/h1-2,7-9H,3-4,14H2,(H,21,22)(H,16,17,23)/t7?,8?,9-,11-/m1/s1. The molecule has 1 aliphatic rings. The Balaban J connectivity index is 2.31. The molecule has 1 aliphatic heterocycles. The number of carbonyl (C=O) groups is 1. The lowest BCUT2D eigenvalue weighted by molar-refractivity contribution is -0.134. The molecule has 4 atom stereocenters. The summed E-state index contributed by atoms with van der Waals surface area (Å²) in [6.45, 7) is -0.990. The van der Waals surface area contributed by atoms with Gasteiger partial charge in [0.05, 0.1) is 12.6 Å². The molecule has 132 valence electrons. The van der Waals surface area contributed by atoms with Crippen LogP contribution in [-0.2, 0) is 14.2 Å². The number of hydrogen-bond donors (Lipinski definition) is 3. The van der Waals surface area contributed by atoms with Crippen LogP contribution in [0.15, 0.2) is 22.2 Å². The molecule has 0 aliphatic carbocycles. The molecule has 2 unspecified atom stereocenters. The summed E-state index contributed by atoms with van der Waals surface area (Å²) >= 11 is 0. The minimum atomic E-state index is -1.94. The summed E-state index contributed by atoms with van der Waals surface area (Å²) in [6.07, 6.45) is -2.33. The van der Waals surface area contributed by atoms with Crippen molar-refractivity contribution in [3.8, 4) is 0 Å². The fourth-order valence-corrected chi connectivity index (χ4v) is 2.30. The highest BCUT2D eigenvalue weighted by Gasteiger charge is 2.55. The molecule has 1 saturated heterocycles. The number of rotatable bonds is 7. The third-order valence-electron chi connectivity index (χ3n) is 3.49. The van der Waals surface area contributed by atoms with Gasteiger partial charge in [0.25, 0.3) is 8.05 Å². The monoisotopic (exact) mass is 353 g/mol. The van der Waals surface area contributed by atoms with Gasteiger partial charge in [-0.25, -0.2) is 9.18 Å². The molecule has 12 nitrogen and oxygen atoms in total. The van der Waals surface area contributed by atoms with Crippen LogP contribution in [0.4, 0.5) is 10.2 Å². The van der Waals surface area contributed by atoms with E-state index in [1.165, 1.54) is 6.07 Å². The van der Waals surface area contributed by atoms with E-state index < -0.39 is 49.0 Å². The van der Waals surface area contributed by atoms with Crippen molar-refractivity contribution in [1.29, 1.82) is 0 Å². The van der Waals surface area contributed by atoms with E-state index in [-0.39, 0.29) is 5.82 Å². The number of aromatic nitrogens is 2. The first-order valence-electron chi connectivity index (χ1n) is 6.85. The number of anilines is 1. The maximum absolute atomic E-state index is 14.5. The van der Waals surface area contributed by atoms with Crippen LogP contribution in [0.5, 0.6) is 0 Å². The van der Waals surface area contributed by atoms with Crippen molar-refractivity contribution >= 4 is 19.8 Å². The van der Waals surface area contributed by atoms with Crippen LogP contribution in [0.1, 0.15) is 6.23 Å². The van der Waals surface area contributed by atoms with Gasteiger partial charge in [-0.3, -0.25) is 9.36 Å². The summed E-state index contributed by atoms with van der Waals surface area (Å²) in [5, 5.41) is 14.3. The van der Waals surface area contributed by atoms with Crippen LogP contribution in [-0.4, -0.2) is 59.8 Å². The highest BCUT2D eigenvalue weighted by Crippen LogP contribution is 2.38. The number of nitrogens with one attached hydrogen (secondary N) is 1. The molecule has 1 aromatic rings. The molecule has 0 spiro atoms. The van der Waals surface area contributed by atoms with Gasteiger partial charge in [-0.05, 0) is 11.6 Å². The number of aliphatic carboxylic acids is 1. The van der Waals surface area contributed by atoms with Crippen molar-refractivity contribution in [2.24, 2.45) is 10.8 Å². The SMILES string of the molecule is [B]OC[C@@]1(N=[N+]=[N-])O[C@@H](n2ccc(NCC(=O)O)nc2=O)C(F)C1N. The first-order chi connectivity index (χ1) is 11.8. The van der Waals surface area contributed by atoms with E-state index in [2.05, 4.69) is 25.0 Å². The van der Waals surface area contributed by atoms with Gasteiger partial charge in [0, 0.05) is 11.1 Å². The van der Waals surface area contributed by atoms with Gasteiger partial charge < -0.3 is 25.5 Å². The zero-order valence-corrected chi connectivity index (χ0v) is 12.6. The molecular weight excluding hydrogens is 340 g/mol. The van der Waals surface area contributed by atoms with Gasteiger partial charge in [0.15, 0.2) is 18.1 Å². The molecule has 0 bridgehead atoms. The van der Waals surface area contributed by atoms with E-state index in [0.29, 0.717) is 0 Å². The molecule has 1 fully saturated rings. The van der Waals surface area contributed by atoms with E-state index in [0.717, 1.165) is 10.8 Å². The van der Waals surface area contributed by atoms with Crippen molar-refractivity contribution in [2.75, 3.05) is 18.5 Å². The van der Waals surface area contributed by atoms with Gasteiger partial charge in [-0.15, -0.1) is 0 Å². The van der Waals surface area contributed by atoms with Crippen molar-refractivity contribution in [1.82, 2.24) is 9.55 Å². The summed E-state index contributed by atoms with van der Waals surface area (Å²) in [4.78, 5) is 28.7. The van der Waals surface area contributed by atoms with Gasteiger partial charge in [-0.2, -0.15) is 4.98 Å². The summed E-state index contributed by atoms with van der Waals surface area (Å²) in [5.41, 5.74) is 11.5. The van der Waals surface area contributed by atoms with E-state index in [1.807, 2.05) is 0 Å². The Morgan fingerprint density at radius 2 is 2.48 bits per heavy atom. The summed E-state index contributed by atoms with van der Waals surface area (Å²) in [6, 6.07) is -0.201. The number of carboxylic acids is 1. The molecule has 2 rings (SSSR count). The Hall–Kier alpha value is -2.67. The molecule has 25 heavy (non-hydrogen) atoms. The Morgan fingerprint density at radius 1 is 1.76 bits per heavy atom. The minimum absolute atomic E-state index is 0.0204. The maximum Gasteiger partial charge on any atom is 0.351 e. The largest absolute Gasteiger partial charge is 0.480 e. The molecule has 0 amide bonds. The highest BCUT2D eigenvalue weighted by atomic mass is 19.1. The number of azide groups is 1. The van der Waals surface area contributed by atoms with Crippen molar-refractivity contribution in [3.63, 3.8) is 0 Å². The van der Waals surface area contributed by atoms with Gasteiger partial charge in [0.2, 0.25) is 0 Å². The van der Waals surface area contributed by atoms with Crippen LogP contribution in [0, 0.1) is 0 Å². The fraction of sp³-hybridized carbons (Fsp3) is 0.545. The lowest BCUT2D eigenvalue weighted by Gasteiger charge is -2.26. The number of carboxylic acid groups (broad SMARTS) is 1. The summed E-state index contributed by atoms with van der Waals surface area (Å²) in [7, 11) is 4.94. The Kier molecular flexibility index (Phi) is 5.59. The Labute approximate surface area is 140 Å². The average Bonchev–Trinajstić information content (AvgIpc) is 2.79. The molecule has 0 aromatic carbocycles. The number of nitrogens with two attached hydrogens (primary N) is 1. The zero-order chi connectivity index (χ0) is 18.6. The van der Waals surface area contributed by atoms with E-state index >= 15 is 0 Å². The Morgan fingerprint density at radius 3 is 3.04 bits per heavy atom. The van der Waals surface area contributed by atoms with Crippen LogP contribution >= 0.6 is 0 Å². The molecule has 1 aromatic heterocycles. The zero-order valence-electron chi connectivity index (χ0n) is 12.6. The smallest absolute Gasteiger partial charge is 0.351 e. The van der Waals surface area contributed by atoms with E-state index in [1.54, 1.807) is 0 Å². The number of alkyl halides is 1. The molecule has 14 heteroatoms. The van der Waals surface area contributed by atoms with Crippen LogP contribution < -0.4 is 16.7 Å². The van der Waals surface area contributed by atoms with Gasteiger partial charge in [-0.1, -0.05) is 5.11 Å². The Bertz CT molecular complexity index is 757. The lowest BCUT2D eigenvalue weighted by atomic mass is 10.0. The quantitative estimate of drug-likeness (QED) is 0.243. The second kappa shape index (κ2) is 7.48. The maximum atomic E-state index is 14.5. The summed E-state index contributed by atoms with van der Waals surface area (Å²) < 4.78 is 25.1. The van der Waals surface area contributed by atoms with Gasteiger partial charge >= 0.3 is 11.7 Å². The molecule has 4 N–H and O–H groups in total. The first kappa shape index (κ1) is 18.7. The van der Waals surface area contributed by atoms with Crippen molar-refractivity contribution in [3.05, 3.63) is 33.2 Å². The number of halogens is 1. The molecule has 0 saturated carbocycles. The fourth-order valence-electron chi connectivity index (χ4n) is 2.30. The third-order valence-corrected chi connectivity index (χ3v) is 3.49. The van der Waals surface area contributed by atoms with Crippen LogP contribution in [0.25, 0.3) is 10.4 Å². The normalized spacial score (nSPS) is 28.3. The first-order valence-corrected chi connectivity index (χ1v) is 6.85. The lowest BCUT2D eigenvalue weighted by Crippen LogP contribution is -2.49. The minimum Gasteiger partial charge on any atom is -0.480 e. The molecule has 2 radical (unpaired) electrons. The number of ether oxygens (including phenoxy) is 1. The van der Waals surface area contributed by atoms with Gasteiger partial charge in [0.1, 0.15) is 12.4 Å². The van der Waals surface area contributed by atoms with Crippen LogP contribution in [0.3, 0.4) is 0 Å². The number of hydrogen-bond acceptors (Lipinski definition) is 8. The predicted octanol–water partition coefficient (Wildman–Crippen LogP) is -0.959.